The Bertz CT molecular complexity index is 696. The van der Waals surface area contributed by atoms with E-state index in [0.29, 0.717) is 30.6 Å². The number of rotatable bonds is 6. The quantitative estimate of drug-likeness (QED) is 0.868. The standard InChI is InChI=1S/C16H18FN3O4/c17-12-1-3-13(4-2-12)24-10-14-18-16(11-5-7-23-8-6-11)20(19-14)9-15(21)22/h1-4,11H,5-10H2,(H,21,22). The first-order valence-corrected chi connectivity index (χ1v) is 7.73. The molecule has 1 aromatic heterocycles. The van der Waals surface area contributed by atoms with E-state index in [2.05, 4.69) is 10.1 Å². The average molecular weight is 335 g/mol. The van der Waals surface area contributed by atoms with Gasteiger partial charge >= 0.3 is 5.97 Å². The summed E-state index contributed by atoms with van der Waals surface area (Å²) in [6.45, 7) is 1.11. The molecule has 2 heterocycles. The molecule has 8 heteroatoms. The molecule has 2 aromatic rings. The van der Waals surface area contributed by atoms with Crippen LogP contribution in [0.1, 0.15) is 30.4 Å². The molecule has 1 saturated heterocycles. The van der Waals surface area contributed by atoms with Crippen LogP contribution in [-0.2, 0) is 22.7 Å². The van der Waals surface area contributed by atoms with Gasteiger partial charge < -0.3 is 14.6 Å². The minimum Gasteiger partial charge on any atom is -0.486 e. The lowest BCUT2D eigenvalue weighted by Gasteiger charge is -2.21. The fraction of sp³-hybridized carbons (Fsp3) is 0.438. The second-order valence-corrected chi connectivity index (χ2v) is 5.57. The summed E-state index contributed by atoms with van der Waals surface area (Å²) in [6, 6.07) is 5.64. The molecule has 0 spiro atoms. The van der Waals surface area contributed by atoms with Crippen LogP contribution in [0.4, 0.5) is 4.39 Å². The molecule has 24 heavy (non-hydrogen) atoms. The Labute approximate surface area is 138 Å². The fourth-order valence-corrected chi connectivity index (χ4v) is 2.65. The highest BCUT2D eigenvalue weighted by atomic mass is 19.1. The Morgan fingerprint density at radius 1 is 1.33 bits per heavy atom. The van der Waals surface area contributed by atoms with Gasteiger partial charge in [-0.15, -0.1) is 0 Å². The van der Waals surface area contributed by atoms with E-state index in [1.807, 2.05) is 0 Å². The van der Waals surface area contributed by atoms with Crippen LogP contribution < -0.4 is 4.74 Å². The van der Waals surface area contributed by atoms with Crippen molar-refractivity contribution in [2.24, 2.45) is 0 Å². The molecule has 1 aliphatic rings. The van der Waals surface area contributed by atoms with Crippen LogP contribution in [0.15, 0.2) is 24.3 Å². The largest absolute Gasteiger partial charge is 0.486 e. The Hall–Kier alpha value is -2.48. The number of hydrogen-bond acceptors (Lipinski definition) is 5. The number of aliphatic carboxylic acids is 1. The maximum Gasteiger partial charge on any atom is 0.325 e. The van der Waals surface area contributed by atoms with E-state index in [1.54, 1.807) is 0 Å². The minimum atomic E-state index is -0.973. The molecule has 1 aromatic carbocycles. The molecule has 0 amide bonds. The van der Waals surface area contributed by atoms with Gasteiger partial charge in [-0.1, -0.05) is 0 Å². The van der Waals surface area contributed by atoms with Crippen molar-refractivity contribution in [2.75, 3.05) is 13.2 Å². The first kappa shape index (κ1) is 16.4. The third kappa shape index (κ3) is 4.08. The molecular formula is C16H18FN3O4. The molecule has 0 radical (unpaired) electrons. The topological polar surface area (TPSA) is 86.5 Å². The van der Waals surface area contributed by atoms with Crippen LogP contribution in [0.25, 0.3) is 0 Å². The second-order valence-electron chi connectivity index (χ2n) is 5.57. The fourth-order valence-electron chi connectivity index (χ4n) is 2.65. The van der Waals surface area contributed by atoms with E-state index in [9.17, 15) is 9.18 Å². The molecule has 0 aliphatic carbocycles. The van der Waals surface area contributed by atoms with E-state index in [-0.39, 0.29) is 24.9 Å². The Morgan fingerprint density at radius 2 is 2.04 bits per heavy atom. The van der Waals surface area contributed by atoms with Gasteiger partial charge in [0.25, 0.3) is 0 Å². The maximum atomic E-state index is 12.9. The molecule has 0 bridgehead atoms. The molecular weight excluding hydrogens is 317 g/mol. The van der Waals surface area contributed by atoms with Crippen LogP contribution in [0, 0.1) is 5.82 Å². The van der Waals surface area contributed by atoms with E-state index in [4.69, 9.17) is 14.6 Å². The second kappa shape index (κ2) is 7.39. The van der Waals surface area contributed by atoms with Gasteiger partial charge in [-0.3, -0.25) is 4.79 Å². The van der Waals surface area contributed by atoms with Crippen LogP contribution in [0.5, 0.6) is 5.75 Å². The molecule has 1 fully saturated rings. The van der Waals surface area contributed by atoms with Gasteiger partial charge in [0.05, 0.1) is 0 Å². The van der Waals surface area contributed by atoms with Gasteiger partial charge in [-0.2, -0.15) is 5.10 Å². The number of nitrogens with zero attached hydrogens (tertiary/aromatic N) is 3. The highest BCUT2D eigenvalue weighted by Gasteiger charge is 2.24. The summed E-state index contributed by atoms with van der Waals surface area (Å²) in [6.07, 6.45) is 1.58. The Kier molecular flexibility index (Phi) is 5.05. The monoisotopic (exact) mass is 335 g/mol. The summed E-state index contributed by atoms with van der Waals surface area (Å²) >= 11 is 0. The van der Waals surface area contributed by atoms with Gasteiger partial charge in [0.1, 0.15) is 30.5 Å². The maximum absolute atomic E-state index is 12.9. The van der Waals surface area contributed by atoms with Crippen LogP contribution in [0.2, 0.25) is 0 Å². The first-order valence-electron chi connectivity index (χ1n) is 7.73. The molecule has 3 rings (SSSR count). The van der Waals surface area contributed by atoms with Crippen molar-refractivity contribution in [1.29, 1.82) is 0 Å². The van der Waals surface area contributed by atoms with Crippen LogP contribution >= 0.6 is 0 Å². The van der Waals surface area contributed by atoms with Crippen molar-refractivity contribution < 1.29 is 23.8 Å². The molecule has 0 atom stereocenters. The van der Waals surface area contributed by atoms with Crippen LogP contribution in [-0.4, -0.2) is 39.1 Å². The number of carbonyl (C=O) groups is 1. The van der Waals surface area contributed by atoms with Gasteiger partial charge in [0.15, 0.2) is 5.82 Å². The number of ether oxygens (including phenoxy) is 2. The summed E-state index contributed by atoms with van der Waals surface area (Å²) in [5.74, 6) is 0.372. The molecule has 7 nitrogen and oxygen atoms in total. The molecule has 0 saturated carbocycles. The zero-order valence-electron chi connectivity index (χ0n) is 13.0. The van der Waals surface area contributed by atoms with Gasteiger partial charge in [-0.25, -0.2) is 14.1 Å². The molecule has 1 N–H and O–H groups in total. The highest BCUT2D eigenvalue weighted by Crippen LogP contribution is 2.25. The zero-order valence-corrected chi connectivity index (χ0v) is 13.0. The lowest BCUT2D eigenvalue weighted by atomic mass is 9.99. The zero-order chi connectivity index (χ0) is 16.9. The van der Waals surface area contributed by atoms with E-state index >= 15 is 0 Å². The van der Waals surface area contributed by atoms with Gasteiger partial charge in [0.2, 0.25) is 0 Å². The molecule has 128 valence electrons. The van der Waals surface area contributed by atoms with Crippen LogP contribution in [0.3, 0.4) is 0 Å². The number of halogens is 1. The normalized spacial score (nSPS) is 15.4. The van der Waals surface area contributed by atoms with Crippen molar-refractivity contribution >= 4 is 5.97 Å². The lowest BCUT2D eigenvalue weighted by molar-refractivity contribution is -0.138. The smallest absolute Gasteiger partial charge is 0.325 e. The lowest BCUT2D eigenvalue weighted by Crippen LogP contribution is -2.20. The molecule has 0 unspecified atom stereocenters. The number of carboxylic acid groups (broad SMARTS) is 1. The number of hydrogen-bond donors (Lipinski definition) is 1. The Morgan fingerprint density at radius 3 is 2.71 bits per heavy atom. The van der Waals surface area contributed by atoms with Crippen molar-refractivity contribution in [1.82, 2.24) is 14.8 Å². The predicted octanol–water partition coefficient (Wildman–Crippen LogP) is 1.97. The minimum absolute atomic E-state index is 0.0917. The van der Waals surface area contributed by atoms with E-state index < -0.39 is 5.97 Å². The van der Waals surface area contributed by atoms with Crippen molar-refractivity contribution in [3.05, 3.63) is 41.7 Å². The summed E-state index contributed by atoms with van der Waals surface area (Å²) < 4.78 is 25.2. The SMILES string of the molecule is O=C(O)Cn1nc(COc2ccc(F)cc2)nc1C1CCOCC1. The van der Waals surface area contributed by atoms with E-state index in [1.165, 1.54) is 28.9 Å². The first-order chi connectivity index (χ1) is 11.6. The predicted molar refractivity (Wildman–Crippen MR) is 81.2 cm³/mol. The summed E-state index contributed by atoms with van der Waals surface area (Å²) in [4.78, 5) is 15.5. The van der Waals surface area contributed by atoms with Crippen molar-refractivity contribution in [3.63, 3.8) is 0 Å². The average Bonchev–Trinajstić information content (AvgIpc) is 2.97. The number of aromatic nitrogens is 3. The number of carboxylic acids is 1. The third-order valence-electron chi connectivity index (χ3n) is 3.80. The summed E-state index contributed by atoms with van der Waals surface area (Å²) in [5, 5.41) is 13.3. The van der Waals surface area contributed by atoms with Crippen molar-refractivity contribution in [3.8, 4) is 5.75 Å². The van der Waals surface area contributed by atoms with Gasteiger partial charge in [-0.05, 0) is 37.1 Å². The van der Waals surface area contributed by atoms with Crippen molar-refractivity contribution in [2.45, 2.75) is 31.9 Å². The summed E-state index contributed by atoms with van der Waals surface area (Å²) in [5.41, 5.74) is 0. The Balaban J connectivity index is 1.73. The van der Waals surface area contributed by atoms with E-state index in [0.717, 1.165) is 12.8 Å². The van der Waals surface area contributed by atoms with Gasteiger partial charge in [0, 0.05) is 19.1 Å². The molecule has 1 aliphatic heterocycles. The summed E-state index contributed by atoms with van der Waals surface area (Å²) in [7, 11) is 0. The highest BCUT2D eigenvalue weighted by molar-refractivity contribution is 5.66. The third-order valence-corrected chi connectivity index (χ3v) is 3.80. The number of benzene rings is 1.